The van der Waals surface area contributed by atoms with Crippen molar-refractivity contribution < 1.29 is 8.78 Å². The van der Waals surface area contributed by atoms with Crippen LogP contribution >= 0.6 is 0 Å². The van der Waals surface area contributed by atoms with Crippen molar-refractivity contribution in [3.63, 3.8) is 0 Å². The summed E-state index contributed by atoms with van der Waals surface area (Å²) in [5, 5.41) is 2.87. The van der Waals surface area contributed by atoms with Gasteiger partial charge >= 0.3 is 0 Å². The molecule has 0 aliphatic heterocycles. The van der Waals surface area contributed by atoms with Crippen molar-refractivity contribution in [2.75, 3.05) is 17.6 Å². The van der Waals surface area contributed by atoms with Gasteiger partial charge in [-0.05, 0) is 29.9 Å². The first-order chi connectivity index (χ1) is 8.32. The molecule has 0 atom stereocenters. The second-order valence-electron chi connectivity index (χ2n) is 5.39. The van der Waals surface area contributed by atoms with Crippen molar-refractivity contribution in [3.05, 3.63) is 23.8 Å². The zero-order chi connectivity index (χ0) is 13.9. The third kappa shape index (κ3) is 3.59. The van der Waals surface area contributed by atoms with E-state index < -0.39 is 11.6 Å². The standard InChI is InChI=1S/C14H22F2N2/c1-8(2)11(9(3)4)7-18-14-12(15)5-10(17)6-13(14)16/h5-6,8-9,11,18H,7,17H2,1-4H3. The fourth-order valence-corrected chi connectivity index (χ4v) is 2.22. The second kappa shape index (κ2) is 6.03. The van der Waals surface area contributed by atoms with Gasteiger partial charge in [-0.2, -0.15) is 0 Å². The van der Waals surface area contributed by atoms with Crippen LogP contribution < -0.4 is 11.1 Å². The predicted molar refractivity (Wildman–Crippen MR) is 72.4 cm³/mol. The Balaban J connectivity index is 2.80. The highest BCUT2D eigenvalue weighted by molar-refractivity contribution is 5.54. The van der Waals surface area contributed by atoms with Gasteiger partial charge in [-0.25, -0.2) is 8.78 Å². The number of halogens is 2. The van der Waals surface area contributed by atoms with Crippen LogP contribution in [0.3, 0.4) is 0 Å². The summed E-state index contributed by atoms with van der Waals surface area (Å²) in [5.41, 5.74) is 5.38. The van der Waals surface area contributed by atoms with Gasteiger partial charge in [0.15, 0.2) is 11.6 Å². The Morgan fingerprint density at radius 1 is 1.06 bits per heavy atom. The van der Waals surface area contributed by atoms with E-state index in [0.717, 1.165) is 12.1 Å². The van der Waals surface area contributed by atoms with Gasteiger partial charge in [-0.15, -0.1) is 0 Å². The summed E-state index contributed by atoms with van der Waals surface area (Å²) >= 11 is 0. The lowest BCUT2D eigenvalue weighted by Gasteiger charge is -2.25. The molecular formula is C14H22F2N2. The molecule has 0 saturated carbocycles. The molecule has 0 bridgehead atoms. The van der Waals surface area contributed by atoms with Gasteiger partial charge in [0.2, 0.25) is 0 Å². The molecule has 3 N–H and O–H groups in total. The number of benzene rings is 1. The van der Waals surface area contributed by atoms with Crippen LogP contribution in [0.15, 0.2) is 12.1 Å². The third-order valence-electron chi connectivity index (χ3n) is 3.29. The second-order valence-corrected chi connectivity index (χ2v) is 5.39. The normalized spacial score (nSPS) is 11.6. The van der Waals surface area contributed by atoms with E-state index in [0.29, 0.717) is 24.3 Å². The molecule has 0 amide bonds. The van der Waals surface area contributed by atoms with E-state index in [1.54, 1.807) is 0 Å². The van der Waals surface area contributed by atoms with Crippen molar-refractivity contribution in [2.45, 2.75) is 27.7 Å². The quantitative estimate of drug-likeness (QED) is 0.784. The maximum atomic E-state index is 13.6. The Morgan fingerprint density at radius 3 is 1.89 bits per heavy atom. The monoisotopic (exact) mass is 256 g/mol. The minimum atomic E-state index is -0.640. The van der Waals surface area contributed by atoms with Crippen LogP contribution in [0.5, 0.6) is 0 Å². The van der Waals surface area contributed by atoms with Crippen LogP contribution in [-0.2, 0) is 0 Å². The van der Waals surface area contributed by atoms with E-state index in [-0.39, 0.29) is 11.4 Å². The van der Waals surface area contributed by atoms with Crippen LogP contribution in [0.4, 0.5) is 20.2 Å². The van der Waals surface area contributed by atoms with Crippen molar-refractivity contribution in [2.24, 2.45) is 17.8 Å². The van der Waals surface area contributed by atoms with Crippen molar-refractivity contribution >= 4 is 11.4 Å². The van der Waals surface area contributed by atoms with Gasteiger partial charge in [0.25, 0.3) is 0 Å². The minimum absolute atomic E-state index is 0.0875. The molecule has 1 aromatic carbocycles. The number of nitrogen functional groups attached to an aromatic ring is 1. The van der Waals surface area contributed by atoms with Crippen molar-refractivity contribution in [3.8, 4) is 0 Å². The van der Waals surface area contributed by atoms with Gasteiger partial charge in [0.05, 0.1) is 0 Å². The number of anilines is 2. The summed E-state index contributed by atoms with van der Waals surface area (Å²) in [5.74, 6) is -0.00585. The number of nitrogens with one attached hydrogen (secondary N) is 1. The van der Waals surface area contributed by atoms with E-state index in [9.17, 15) is 8.78 Å². The fourth-order valence-electron chi connectivity index (χ4n) is 2.22. The Labute approximate surface area is 108 Å². The van der Waals surface area contributed by atoms with Gasteiger partial charge in [-0.1, -0.05) is 27.7 Å². The largest absolute Gasteiger partial charge is 0.399 e. The summed E-state index contributed by atoms with van der Waals surface area (Å²) in [6.45, 7) is 9.00. The molecule has 0 saturated heterocycles. The molecule has 0 aliphatic rings. The average molecular weight is 256 g/mol. The maximum absolute atomic E-state index is 13.6. The van der Waals surface area contributed by atoms with E-state index in [4.69, 9.17) is 5.73 Å². The molecule has 1 aromatic rings. The molecule has 18 heavy (non-hydrogen) atoms. The molecule has 102 valence electrons. The average Bonchev–Trinajstić information content (AvgIpc) is 2.20. The van der Waals surface area contributed by atoms with Crippen LogP contribution in [0.2, 0.25) is 0 Å². The Morgan fingerprint density at radius 2 is 1.50 bits per heavy atom. The number of nitrogens with two attached hydrogens (primary N) is 1. The highest BCUT2D eigenvalue weighted by Crippen LogP contribution is 2.25. The van der Waals surface area contributed by atoms with E-state index >= 15 is 0 Å². The van der Waals surface area contributed by atoms with Gasteiger partial charge in [0.1, 0.15) is 5.69 Å². The van der Waals surface area contributed by atoms with E-state index in [2.05, 4.69) is 33.0 Å². The first-order valence-corrected chi connectivity index (χ1v) is 6.31. The number of rotatable bonds is 5. The van der Waals surface area contributed by atoms with Crippen LogP contribution in [0.25, 0.3) is 0 Å². The molecule has 0 fully saturated rings. The summed E-state index contributed by atoms with van der Waals surface area (Å²) in [7, 11) is 0. The molecule has 0 radical (unpaired) electrons. The lowest BCUT2D eigenvalue weighted by Crippen LogP contribution is -2.25. The predicted octanol–water partition coefficient (Wildman–Crippen LogP) is 3.89. The molecule has 4 heteroatoms. The first-order valence-electron chi connectivity index (χ1n) is 6.31. The lowest BCUT2D eigenvalue weighted by molar-refractivity contribution is 0.304. The van der Waals surface area contributed by atoms with Crippen LogP contribution in [0, 0.1) is 29.4 Å². The molecule has 0 aliphatic carbocycles. The SMILES string of the molecule is CC(C)C(CNc1c(F)cc(N)cc1F)C(C)C. The minimum Gasteiger partial charge on any atom is -0.399 e. The number of hydrogen-bond donors (Lipinski definition) is 2. The molecule has 1 rings (SSSR count). The smallest absolute Gasteiger partial charge is 0.151 e. The number of hydrogen-bond acceptors (Lipinski definition) is 2. The van der Waals surface area contributed by atoms with Gasteiger partial charge < -0.3 is 11.1 Å². The Bertz CT molecular complexity index is 372. The maximum Gasteiger partial charge on any atom is 0.151 e. The Kier molecular flexibility index (Phi) is 4.93. The third-order valence-corrected chi connectivity index (χ3v) is 3.29. The zero-order valence-electron chi connectivity index (χ0n) is 11.4. The molecule has 0 aromatic heterocycles. The fraction of sp³-hybridized carbons (Fsp3) is 0.571. The van der Waals surface area contributed by atoms with Crippen molar-refractivity contribution in [1.82, 2.24) is 0 Å². The van der Waals surface area contributed by atoms with Gasteiger partial charge in [0, 0.05) is 12.2 Å². The highest BCUT2D eigenvalue weighted by atomic mass is 19.1. The topological polar surface area (TPSA) is 38.0 Å². The summed E-state index contributed by atoms with van der Waals surface area (Å²) in [4.78, 5) is 0. The Hall–Kier alpha value is -1.32. The summed E-state index contributed by atoms with van der Waals surface area (Å²) in [6, 6.07) is 2.26. The van der Waals surface area contributed by atoms with Crippen LogP contribution in [-0.4, -0.2) is 6.54 Å². The molecule has 0 unspecified atom stereocenters. The van der Waals surface area contributed by atoms with Crippen LogP contribution in [0.1, 0.15) is 27.7 Å². The van der Waals surface area contributed by atoms with E-state index in [1.165, 1.54) is 0 Å². The summed E-state index contributed by atoms with van der Waals surface area (Å²) in [6.07, 6.45) is 0. The molecular weight excluding hydrogens is 234 g/mol. The lowest BCUT2D eigenvalue weighted by atomic mass is 9.85. The van der Waals surface area contributed by atoms with Gasteiger partial charge in [-0.3, -0.25) is 0 Å². The molecule has 0 heterocycles. The molecule has 2 nitrogen and oxygen atoms in total. The van der Waals surface area contributed by atoms with E-state index in [1.807, 2.05) is 0 Å². The molecule has 0 spiro atoms. The first kappa shape index (κ1) is 14.7. The zero-order valence-corrected chi connectivity index (χ0v) is 11.4. The van der Waals surface area contributed by atoms with Crippen molar-refractivity contribution in [1.29, 1.82) is 0 Å². The highest BCUT2D eigenvalue weighted by Gasteiger charge is 2.19. The summed E-state index contributed by atoms with van der Waals surface area (Å²) < 4.78 is 27.2.